The van der Waals surface area contributed by atoms with Gasteiger partial charge in [0.1, 0.15) is 11.6 Å². The summed E-state index contributed by atoms with van der Waals surface area (Å²) in [4.78, 5) is 4.43. The molecule has 1 heterocycles. The summed E-state index contributed by atoms with van der Waals surface area (Å²) in [5, 5.41) is 0.353. The zero-order valence-electron chi connectivity index (χ0n) is 10.2. The van der Waals surface area contributed by atoms with Gasteiger partial charge in [0, 0.05) is 10.7 Å². The number of anilines is 1. The fraction of sp³-hybridized carbons (Fsp3) is 0.0714. The smallest absolute Gasteiger partial charge is 0.126 e. The summed E-state index contributed by atoms with van der Waals surface area (Å²) in [6.45, 7) is 1.86. The third kappa shape index (κ3) is 2.04. The molecule has 3 rings (SSSR count). The first-order chi connectivity index (χ1) is 9.04. The Morgan fingerprint density at radius 1 is 1.21 bits per heavy atom. The SMILES string of the molecule is Cc1nc2cc(N)ccc2n1-c1cc(F)cc(Cl)c1. The molecule has 1 aromatic heterocycles. The van der Waals surface area contributed by atoms with Crippen LogP contribution in [0.4, 0.5) is 10.1 Å². The molecule has 2 N–H and O–H groups in total. The Morgan fingerprint density at radius 2 is 2.00 bits per heavy atom. The van der Waals surface area contributed by atoms with E-state index in [4.69, 9.17) is 17.3 Å². The molecule has 2 aromatic carbocycles. The molecule has 19 heavy (non-hydrogen) atoms. The summed E-state index contributed by atoms with van der Waals surface area (Å²) < 4.78 is 15.3. The number of fused-ring (bicyclic) bond motifs is 1. The van der Waals surface area contributed by atoms with E-state index in [1.807, 2.05) is 17.6 Å². The number of aryl methyl sites for hydroxylation is 1. The minimum atomic E-state index is -0.376. The molecule has 0 aliphatic rings. The molecular weight excluding hydrogens is 265 g/mol. The second-order valence-electron chi connectivity index (χ2n) is 4.37. The van der Waals surface area contributed by atoms with Gasteiger partial charge in [-0.15, -0.1) is 0 Å². The Morgan fingerprint density at radius 3 is 2.74 bits per heavy atom. The molecule has 0 spiro atoms. The van der Waals surface area contributed by atoms with Crippen LogP contribution in [-0.4, -0.2) is 9.55 Å². The van der Waals surface area contributed by atoms with Crippen molar-refractivity contribution in [1.29, 1.82) is 0 Å². The van der Waals surface area contributed by atoms with E-state index in [-0.39, 0.29) is 5.82 Å². The van der Waals surface area contributed by atoms with Crippen molar-refractivity contribution in [3.8, 4) is 5.69 Å². The van der Waals surface area contributed by atoms with Gasteiger partial charge in [-0.1, -0.05) is 11.6 Å². The number of nitrogen functional groups attached to an aromatic ring is 1. The van der Waals surface area contributed by atoms with Crippen molar-refractivity contribution < 1.29 is 4.39 Å². The monoisotopic (exact) mass is 275 g/mol. The number of hydrogen-bond donors (Lipinski definition) is 1. The predicted octanol–water partition coefficient (Wildman–Crippen LogP) is 3.71. The lowest BCUT2D eigenvalue weighted by Crippen LogP contribution is -1.97. The molecule has 3 aromatic rings. The van der Waals surface area contributed by atoms with Gasteiger partial charge in [-0.2, -0.15) is 0 Å². The van der Waals surface area contributed by atoms with Crippen LogP contribution in [0.2, 0.25) is 5.02 Å². The average Bonchev–Trinajstić information content (AvgIpc) is 2.62. The molecule has 0 aliphatic carbocycles. The van der Waals surface area contributed by atoms with Crippen LogP contribution < -0.4 is 5.73 Å². The maximum atomic E-state index is 13.5. The van der Waals surface area contributed by atoms with Gasteiger partial charge in [-0.3, -0.25) is 4.57 Å². The first-order valence-corrected chi connectivity index (χ1v) is 6.13. The van der Waals surface area contributed by atoms with Gasteiger partial charge >= 0.3 is 0 Å². The first kappa shape index (κ1) is 12.0. The second-order valence-corrected chi connectivity index (χ2v) is 4.81. The minimum absolute atomic E-state index is 0.353. The number of imidazole rings is 1. The van der Waals surface area contributed by atoms with Crippen molar-refractivity contribution >= 4 is 28.3 Å². The molecule has 5 heteroatoms. The van der Waals surface area contributed by atoms with Gasteiger partial charge < -0.3 is 5.73 Å². The molecule has 0 saturated heterocycles. The predicted molar refractivity (Wildman–Crippen MR) is 75.2 cm³/mol. The van der Waals surface area contributed by atoms with Gasteiger partial charge in [0.2, 0.25) is 0 Å². The zero-order chi connectivity index (χ0) is 13.6. The fourth-order valence-corrected chi connectivity index (χ4v) is 2.43. The Labute approximate surface area is 114 Å². The lowest BCUT2D eigenvalue weighted by molar-refractivity contribution is 0.626. The first-order valence-electron chi connectivity index (χ1n) is 5.75. The maximum absolute atomic E-state index is 13.5. The van der Waals surface area contributed by atoms with Crippen LogP contribution in [0.1, 0.15) is 5.82 Å². The molecule has 0 aliphatic heterocycles. The van der Waals surface area contributed by atoms with Crippen LogP contribution in [0, 0.1) is 12.7 Å². The highest BCUT2D eigenvalue weighted by Gasteiger charge is 2.10. The lowest BCUT2D eigenvalue weighted by atomic mass is 10.2. The third-order valence-corrected chi connectivity index (χ3v) is 3.17. The van der Waals surface area contributed by atoms with Crippen molar-refractivity contribution in [2.75, 3.05) is 5.73 Å². The fourth-order valence-electron chi connectivity index (χ4n) is 2.21. The minimum Gasteiger partial charge on any atom is -0.399 e. The molecule has 3 nitrogen and oxygen atoms in total. The van der Waals surface area contributed by atoms with Gasteiger partial charge in [0.15, 0.2) is 0 Å². The summed E-state index contributed by atoms with van der Waals surface area (Å²) in [6.07, 6.45) is 0. The molecule has 0 unspecified atom stereocenters. The van der Waals surface area contributed by atoms with Crippen LogP contribution in [0.15, 0.2) is 36.4 Å². The number of nitrogens with two attached hydrogens (primary N) is 1. The van der Waals surface area contributed by atoms with E-state index < -0.39 is 0 Å². The highest BCUT2D eigenvalue weighted by atomic mass is 35.5. The van der Waals surface area contributed by atoms with Gasteiger partial charge in [-0.25, -0.2) is 9.37 Å². The summed E-state index contributed by atoms with van der Waals surface area (Å²) in [5.74, 6) is 0.376. The Hall–Kier alpha value is -2.07. The Balaban J connectivity index is 2.32. The zero-order valence-corrected chi connectivity index (χ0v) is 10.9. The van der Waals surface area contributed by atoms with Crippen LogP contribution in [-0.2, 0) is 0 Å². The molecule has 0 atom stereocenters. The second kappa shape index (κ2) is 4.24. The largest absolute Gasteiger partial charge is 0.399 e. The highest BCUT2D eigenvalue weighted by Crippen LogP contribution is 2.25. The topological polar surface area (TPSA) is 43.8 Å². The van der Waals surface area contributed by atoms with Gasteiger partial charge in [0.25, 0.3) is 0 Å². The Bertz CT molecular complexity index is 759. The molecule has 0 bridgehead atoms. The van der Waals surface area contributed by atoms with Crippen molar-refractivity contribution in [3.63, 3.8) is 0 Å². The number of benzene rings is 2. The molecule has 0 amide bonds. The number of rotatable bonds is 1. The van der Waals surface area contributed by atoms with Crippen LogP contribution in [0.25, 0.3) is 16.7 Å². The Kier molecular flexibility index (Phi) is 2.68. The maximum Gasteiger partial charge on any atom is 0.126 e. The number of hydrogen-bond acceptors (Lipinski definition) is 2. The van der Waals surface area contributed by atoms with Crippen LogP contribution in [0.3, 0.4) is 0 Å². The van der Waals surface area contributed by atoms with E-state index in [0.717, 1.165) is 16.9 Å². The standard InChI is InChI=1S/C14H11ClFN3/c1-8-18-13-7-11(17)2-3-14(13)19(8)12-5-9(15)4-10(16)6-12/h2-7H,17H2,1H3. The summed E-state index contributed by atoms with van der Waals surface area (Å²) in [5.41, 5.74) is 8.68. The lowest BCUT2D eigenvalue weighted by Gasteiger charge is -2.07. The van der Waals surface area contributed by atoms with Gasteiger partial charge in [-0.05, 0) is 43.3 Å². The van der Waals surface area contributed by atoms with E-state index in [0.29, 0.717) is 16.4 Å². The van der Waals surface area contributed by atoms with Crippen LogP contribution in [0.5, 0.6) is 0 Å². The molecule has 96 valence electrons. The van der Waals surface area contributed by atoms with Gasteiger partial charge in [0.05, 0.1) is 16.7 Å². The van der Waals surface area contributed by atoms with E-state index in [2.05, 4.69) is 4.98 Å². The van der Waals surface area contributed by atoms with Crippen molar-refractivity contribution in [2.24, 2.45) is 0 Å². The summed E-state index contributed by atoms with van der Waals surface area (Å²) in [7, 11) is 0. The van der Waals surface area contributed by atoms with Crippen molar-refractivity contribution in [3.05, 3.63) is 53.1 Å². The normalized spacial score (nSPS) is 11.1. The molecular formula is C14H11ClFN3. The molecule has 0 radical (unpaired) electrons. The van der Waals surface area contributed by atoms with E-state index in [1.54, 1.807) is 18.2 Å². The number of nitrogens with zero attached hydrogens (tertiary/aromatic N) is 2. The quantitative estimate of drug-likeness (QED) is 0.688. The van der Waals surface area contributed by atoms with E-state index in [1.165, 1.54) is 12.1 Å². The van der Waals surface area contributed by atoms with Crippen molar-refractivity contribution in [2.45, 2.75) is 6.92 Å². The highest BCUT2D eigenvalue weighted by molar-refractivity contribution is 6.30. The van der Waals surface area contributed by atoms with E-state index >= 15 is 0 Å². The third-order valence-electron chi connectivity index (χ3n) is 2.95. The summed E-state index contributed by atoms with van der Waals surface area (Å²) in [6, 6.07) is 9.85. The molecule has 0 saturated carbocycles. The average molecular weight is 276 g/mol. The van der Waals surface area contributed by atoms with E-state index in [9.17, 15) is 4.39 Å². The number of halogens is 2. The number of aromatic nitrogens is 2. The van der Waals surface area contributed by atoms with Crippen LogP contribution >= 0.6 is 11.6 Å². The van der Waals surface area contributed by atoms with Crippen molar-refractivity contribution in [1.82, 2.24) is 9.55 Å². The summed E-state index contributed by atoms with van der Waals surface area (Å²) >= 11 is 5.90. The molecule has 0 fully saturated rings.